The summed E-state index contributed by atoms with van der Waals surface area (Å²) in [5.74, 6) is 0.959. The average Bonchev–Trinajstić information content (AvgIpc) is 2.33. The van der Waals surface area contributed by atoms with Crippen LogP contribution in [0.5, 0.6) is 0 Å². The molecule has 2 rings (SSSR count). The van der Waals surface area contributed by atoms with Crippen molar-refractivity contribution in [3.05, 3.63) is 11.8 Å². The normalized spacial score (nSPS) is 32.9. The first kappa shape index (κ1) is 5.26. The van der Waals surface area contributed by atoms with E-state index in [-0.39, 0.29) is 6.10 Å². The van der Waals surface area contributed by atoms with Crippen molar-refractivity contribution in [3.63, 3.8) is 0 Å². The van der Waals surface area contributed by atoms with Gasteiger partial charge in [-0.3, -0.25) is 0 Å². The Morgan fingerprint density at radius 2 is 2.67 bits per heavy atom. The minimum Gasteiger partial charge on any atom is -0.411 e. The highest BCUT2D eigenvalue weighted by atomic mass is 16.7. The van der Waals surface area contributed by atoms with Crippen LogP contribution in [0.2, 0.25) is 0 Å². The van der Waals surface area contributed by atoms with Crippen LogP contribution >= 0.6 is 0 Å². The number of hydrogen-bond acceptors (Lipinski definition) is 3. The first-order chi connectivity index (χ1) is 4.47. The van der Waals surface area contributed by atoms with Crippen LogP contribution in [-0.4, -0.2) is 19.3 Å². The van der Waals surface area contributed by atoms with Gasteiger partial charge >= 0.3 is 0 Å². The molecule has 3 heteroatoms. The van der Waals surface area contributed by atoms with Gasteiger partial charge in [-0.1, -0.05) is 0 Å². The summed E-state index contributed by atoms with van der Waals surface area (Å²) in [7, 11) is 0. The summed E-state index contributed by atoms with van der Waals surface area (Å²) in [5.41, 5.74) is 2.77. The molecule has 1 fully saturated rings. The molecule has 2 aliphatic rings. The second-order valence-electron chi connectivity index (χ2n) is 2.21. The van der Waals surface area contributed by atoms with E-state index in [1.165, 1.54) is 0 Å². The number of nitrogens with one attached hydrogen (secondary N) is 1. The Kier molecular flexibility index (Phi) is 1.17. The van der Waals surface area contributed by atoms with E-state index in [1.807, 2.05) is 0 Å². The lowest BCUT2D eigenvalue weighted by atomic mass is 10.2. The molecule has 1 saturated heterocycles. The molecule has 1 N–H and O–H groups in total. The fourth-order valence-corrected chi connectivity index (χ4v) is 1.09. The number of rotatable bonds is 0. The zero-order valence-corrected chi connectivity index (χ0v) is 5.09. The van der Waals surface area contributed by atoms with Crippen molar-refractivity contribution in [2.45, 2.75) is 12.5 Å². The maximum Gasteiger partial charge on any atom is 0.150 e. The van der Waals surface area contributed by atoms with Crippen molar-refractivity contribution in [1.29, 1.82) is 0 Å². The summed E-state index contributed by atoms with van der Waals surface area (Å²) in [6.07, 6.45) is 3.25. The summed E-state index contributed by atoms with van der Waals surface area (Å²) < 4.78 is 5.35. The van der Waals surface area contributed by atoms with Crippen molar-refractivity contribution in [1.82, 2.24) is 5.48 Å². The predicted molar refractivity (Wildman–Crippen MR) is 31.5 cm³/mol. The zero-order valence-electron chi connectivity index (χ0n) is 5.09. The molecule has 1 unspecified atom stereocenters. The van der Waals surface area contributed by atoms with E-state index in [4.69, 9.17) is 9.57 Å². The molecule has 9 heavy (non-hydrogen) atoms. The predicted octanol–water partition coefficient (Wildman–Crippen LogP) is 0.194. The van der Waals surface area contributed by atoms with Crippen molar-refractivity contribution < 1.29 is 9.57 Å². The molecule has 0 bridgehead atoms. The van der Waals surface area contributed by atoms with Crippen LogP contribution in [0, 0.1) is 0 Å². The molecule has 0 aromatic carbocycles. The lowest BCUT2D eigenvalue weighted by Crippen LogP contribution is -2.20. The minimum atomic E-state index is 0.193. The Labute approximate surface area is 53.6 Å². The third kappa shape index (κ3) is 0.821. The Balaban J connectivity index is 2.16. The minimum absolute atomic E-state index is 0.193. The van der Waals surface area contributed by atoms with Crippen LogP contribution in [0.3, 0.4) is 0 Å². The van der Waals surface area contributed by atoms with E-state index < -0.39 is 0 Å². The highest BCUT2D eigenvalue weighted by Gasteiger charge is 2.25. The van der Waals surface area contributed by atoms with Crippen LogP contribution in [0.1, 0.15) is 6.42 Å². The maximum absolute atomic E-state index is 5.35. The summed E-state index contributed by atoms with van der Waals surface area (Å²) in [4.78, 5) is 5.04. The highest BCUT2D eigenvalue weighted by Crippen LogP contribution is 2.17. The summed E-state index contributed by atoms with van der Waals surface area (Å²) in [5, 5.41) is 0. The Bertz CT molecular complexity index is 144. The molecule has 2 aliphatic heterocycles. The van der Waals surface area contributed by atoms with Crippen molar-refractivity contribution in [2.75, 3.05) is 13.2 Å². The Morgan fingerprint density at radius 3 is 3.56 bits per heavy atom. The van der Waals surface area contributed by atoms with Gasteiger partial charge in [-0.05, 0) is 12.5 Å². The number of hydroxylamine groups is 1. The van der Waals surface area contributed by atoms with Gasteiger partial charge < -0.3 is 9.57 Å². The summed E-state index contributed by atoms with van der Waals surface area (Å²) in [6, 6.07) is 0. The van der Waals surface area contributed by atoms with Crippen molar-refractivity contribution in [2.24, 2.45) is 0 Å². The number of ether oxygens (including phenoxy) is 1. The smallest absolute Gasteiger partial charge is 0.150 e. The molecule has 0 radical (unpaired) electrons. The third-order valence-electron chi connectivity index (χ3n) is 1.56. The van der Waals surface area contributed by atoms with E-state index >= 15 is 0 Å². The van der Waals surface area contributed by atoms with Crippen LogP contribution in [0.25, 0.3) is 0 Å². The lowest BCUT2D eigenvalue weighted by molar-refractivity contribution is 0.0678. The Morgan fingerprint density at radius 1 is 1.67 bits per heavy atom. The van der Waals surface area contributed by atoms with E-state index in [0.717, 1.165) is 25.3 Å². The molecule has 0 aromatic rings. The van der Waals surface area contributed by atoms with Gasteiger partial charge in [-0.15, -0.1) is 0 Å². The van der Waals surface area contributed by atoms with Gasteiger partial charge in [0.05, 0.1) is 13.2 Å². The van der Waals surface area contributed by atoms with E-state index in [0.29, 0.717) is 0 Å². The molecule has 0 amide bonds. The van der Waals surface area contributed by atoms with Gasteiger partial charge in [-0.2, -0.15) is 5.48 Å². The monoisotopic (exact) mass is 127 g/mol. The van der Waals surface area contributed by atoms with E-state index in [2.05, 4.69) is 11.6 Å². The second-order valence-corrected chi connectivity index (χ2v) is 2.21. The van der Waals surface area contributed by atoms with Crippen LogP contribution in [-0.2, 0) is 9.57 Å². The molecule has 0 aromatic heterocycles. The fourth-order valence-electron chi connectivity index (χ4n) is 1.09. The number of hydrogen-bond donors (Lipinski definition) is 1. The molecular weight excluding hydrogens is 118 g/mol. The SMILES string of the molecule is C1=C2ONCC2OCC1. The zero-order chi connectivity index (χ0) is 6.10. The largest absolute Gasteiger partial charge is 0.411 e. The van der Waals surface area contributed by atoms with Crippen molar-refractivity contribution >= 4 is 0 Å². The second kappa shape index (κ2) is 2.01. The number of fused-ring (bicyclic) bond motifs is 1. The van der Waals surface area contributed by atoms with Gasteiger partial charge in [0.15, 0.2) is 5.76 Å². The topological polar surface area (TPSA) is 30.5 Å². The summed E-state index contributed by atoms with van der Waals surface area (Å²) in [6.45, 7) is 1.63. The summed E-state index contributed by atoms with van der Waals surface area (Å²) >= 11 is 0. The van der Waals surface area contributed by atoms with Crippen LogP contribution in [0.4, 0.5) is 0 Å². The Hall–Kier alpha value is -0.540. The van der Waals surface area contributed by atoms with Gasteiger partial charge in [0.1, 0.15) is 6.10 Å². The average molecular weight is 127 g/mol. The molecule has 0 saturated carbocycles. The molecule has 2 heterocycles. The van der Waals surface area contributed by atoms with Gasteiger partial charge in [0.25, 0.3) is 0 Å². The highest BCUT2D eigenvalue weighted by molar-refractivity contribution is 5.06. The van der Waals surface area contributed by atoms with Gasteiger partial charge in [0.2, 0.25) is 0 Å². The molecule has 1 atom stereocenters. The van der Waals surface area contributed by atoms with Gasteiger partial charge in [0, 0.05) is 0 Å². The molecule has 50 valence electrons. The quantitative estimate of drug-likeness (QED) is 0.504. The molecule has 0 aliphatic carbocycles. The van der Waals surface area contributed by atoms with Crippen LogP contribution in [0.15, 0.2) is 11.8 Å². The maximum atomic E-state index is 5.35. The fraction of sp³-hybridized carbons (Fsp3) is 0.667. The molecular formula is C6H9NO2. The van der Waals surface area contributed by atoms with Gasteiger partial charge in [-0.25, -0.2) is 0 Å². The third-order valence-corrected chi connectivity index (χ3v) is 1.56. The van der Waals surface area contributed by atoms with E-state index in [1.54, 1.807) is 0 Å². The van der Waals surface area contributed by atoms with Crippen LogP contribution < -0.4 is 5.48 Å². The molecule has 0 spiro atoms. The lowest BCUT2D eigenvalue weighted by Gasteiger charge is -2.13. The van der Waals surface area contributed by atoms with Crippen molar-refractivity contribution in [3.8, 4) is 0 Å². The van der Waals surface area contributed by atoms with E-state index in [9.17, 15) is 0 Å². The standard InChI is InChI=1S/C6H9NO2/c1-2-5-6(8-3-1)4-7-9-5/h2,6-7H,1,3-4H2. The molecule has 3 nitrogen and oxygen atoms in total. The first-order valence-corrected chi connectivity index (χ1v) is 3.18. The first-order valence-electron chi connectivity index (χ1n) is 3.18.